The summed E-state index contributed by atoms with van der Waals surface area (Å²) >= 11 is 16.6. The molecule has 1 N–H and O–H groups in total. The largest absolute Gasteiger partial charge is 0.351 e. The first-order valence-electron chi connectivity index (χ1n) is 5.53. The van der Waals surface area contributed by atoms with E-state index in [9.17, 15) is 4.79 Å². The molecule has 0 aliphatic carbocycles. The van der Waals surface area contributed by atoms with Crippen molar-refractivity contribution in [1.29, 1.82) is 0 Å². The SMILES string of the molecule is O=C(NCCc1ccc(Cl)cc1Cl)c1sccc1Br. The zero-order valence-corrected chi connectivity index (χ0v) is 13.7. The molecule has 2 nitrogen and oxygen atoms in total. The molecule has 0 atom stereocenters. The molecule has 1 amide bonds. The Morgan fingerprint density at radius 2 is 2.11 bits per heavy atom. The third-order valence-electron chi connectivity index (χ3n) is 2.52. The normalized spacial score (nSPS) is 10.5. The van der Waals surface area contributed by atoms with Gasteiger partial charge in [-0.25, -0.2) is 0 Å². The predicted octanol–water partition coefficient (Wildman–Crippen LogP) is 4.79. The monoisotopic (exact) mass is 377 g/mol. The Hall–Kier alpha value is -0.550. The van der Waals surface area contributed by atoms with Crippen molar-refractivity contribution in [1.82, 2.24) is 5.32 Å². The van der Waals surface area contributed by atoms with Gasteiger partial charge >= 0.3 is 0 Å². The van der Waals surface area contributed by atoms with E-state index in [0.29, 0.717) is 27.9 Å². The van der Waals surface area contributed by atoms with Crippen LogP contribution in [0.15, 0.2) is 34.1 Å². The van der Waals surface area contributed by atoms with Crippen LogP contribution in [0.4, 0.5) is 0 Å². The van der Waals surface area contributed by atoms with Crippen LogP contribution < -0.4 is 5.32 Å². The number of halogens is 3. The summed E-state index contributed by atoms with van der Waals surface area (Å²) in [4.78, 5) is 12.6. The summed E-state index contributed by atoms with van der Waals surface area (Å²) in [6.07, 6.45) is 0.671. The van der Waals surface area contributed by atoms with Gasteiger partial charge in [0.1, 0.15) is 4.88 Å². The van der Waals surface area contributed by atoms with E-state index in [1.54, 1.807) is 12.1 Å². The zero-order valence-electron chi connectivity index (χ0n) is 9.75. The number of thiophene rings is 1. The van der Waals surface area contributed by atoms with Crippen molar-refractivity contribution >= 4 is 56.4 Å². The van der Waals surface area contributed by atoms with E-state index in [-0.39, 0.29) is 5.91 Å². The van der Waals surface area contributed by atoms with Crippen LogP contribution >= 0.6 is 50.5 Å². The van der Waals surface area contributed by atoms with Crippen LogP contribution in [-0.2, 0) is 6.42 Å². The number of carbonyl (C=O) groups excluding carboxylic acids is 1. The van der Waals surface area contributed by atoms with Crippen LogP contribution in [0.1, 0.15) is 15.2 Å². The summed E-state index contributed by atoms with van der Waals surface area (Å²) in [5, 5.41) is 5.97. The molecule has 100 valence electrons. The Morgan fingerprint density at radius 3 is 2.74 bits per heavy atom. The molecule has 0 spiro atoms. The highest BCUT2D eigenvalue weighted by Crippen LogP contribution is 2.23. The molecule has 0 unspecified atom stereocenters. The summed E-state index contributed by atoms with van der Waals surface area (Å²) in [7, 11) is 0. The highest BCUT2D eigenvalue weighted by atomic mass is 79.9. The van der Waals surface area contributed by atoms with E-state index < -0.39 is 0 Å². The van der Waals surface area contributed by atoms with E-state index in [2.05, 4.69) is 21.2 Å². The minimum Gasteiger partial charge on any atom is -0.351 e. The van der Waals surface area contributed by atoms with Gasteiger partial charge in [-0.2, -0.15) is 0 Å². The Morgan fingerprint density at radius 1 is 1.32 bits per heavy atom. The fourth-order valence-electron chi connectivity index (χ4n) is 1.57. The number of rotatable bonds is 4. The average molecular weight is 379 g/mol. The zero-order chi connectivity index (χ0) is 13.8. The molecule has 0 fully saturated rings. The molecule has 0 saturated heterocycles. The van der Waals surface area contributed by atoms with Crippen LogP contribution in [-0.4, -0.2) is 12.5 Å². The summed E-state index contributed by atoms with van der Waals surface area (Å²) in [5.41, 5.74) is 0.969. The quantitative estimate of drug-likeness (QED) is 0.814. The molecule has 0 aliphatic rings. The standard InChI is InChI=1S/C13H10BrCl2NOS/c14-10-4-6-19-12(10)13(18)17-5-3-8-1-2-9(15)7-11(8)16/h1-2,4,6-7H,3,5H2,(H,17,18). The van der Waals surface area contributed by atoms with Gasteiger partial charge in [0, 0.05) is 21.1 Å². The highest BCUT2D eigenvalue weighted by molar-refractivity contribution is 9.10. The van der Waals surface area contributed by atoms with E-state index in [4.69, 9.17) is 23.2 Å². The Kier molecular flexibility index (Phi) is 5.28. The van der Waals surface area contributed by atoms with Crippen LogP contribution in [0.3, 0.4) is 0 Å². The number of hydrogen-bond donors (Lipinski definition) is 1. The minimum absolute atomic E-state index is 0.0769. The lowest BCUT2D eigenvalue weighted by atomic mass is 10.1. The smallest absolute Gasteiger partial charge is 0.262 e. The van der Waals surface area contributed by atoms with Gasteiger partial charge in [-0.3, -0.25) is 4.79 Å². The summed E-state index contributed by atoms with van der Waals surface area (Å²) in [5.74, 6) is -0.0769. The van der Waals surface area contributed by atoms with Gasteiger partial charge in [-0.15, -0.1) is 11.3 Å². The maximum Gasteiger partial charge on any atom is 0.262 e. The first-order chi connectivity index (χ1) is 9.08. The van der Waals surface area contributed by atoms with Crippen molar-refractivity contribution in [3.63, 3.8) is 0 Å². The third-order valence-corrected chi connectivity index (χ3v) is 4.94. The van der Waals surface area contributed by atoms with Crippen molar-refractivity contribution < 1.29 is 4.79 Å². The third kappa shape index (κ3) is 3.96. The fraction of sp³-hybridized carbons (Fsp3) is 0.154. The Bertz CT molecular complexity index is 600. The minimum atomic E-state index is -0.0769. The Balaban J connectivity index is 1.90. The summed E-state index contributed by atoms with van der Waals surface area (Å²) < 4.78 is 0.819. The van der Waals surface area contributed by atoms with Gasteiger partial charge in [0.05, 0.1) is 0 Å². The number of benzene rings is 1. The lowest BCUT2D eigenvalue weighted by Crippen LogP contribution is -2.25. The highest BCUT2D eigenvalue weighted by Gasteiger charge is 2.10. The maximum absolute atomic E-state index is 11.9. The van der Waals surface area contributed by atoms with E-state index in [0.717, 1.165) is 10.0 Å². The summed E-state index contributed by atoms with van der Waals surface area (Å²) in [6, 6.07) is 7.23. The first kappa shape index (κ1) is 14.9. The number of amides is 1. The molecule has 2 rings (SSSR count). The second-order valence-electron chi connectivity index (χ2n) is 3.84. The Labute approximate surface area is 133 Å². The molecule has 0 radical (unpaired) electrons. The molecule has 0 aliphatic heterocycles. The molecule has 6 heteroatoms. The van der Waals surface area contributed by atoms with Gasteiger partial charge in [0.15, 0.2) is 0 Å². The molecule has 1 aromatic heterocycles. The van der Waals surface area contributed by atoms with Crippen LogP contribution in [0.2, 0.25) is 10.0 Å². The fourth-order valence-corrected chi connectivity index (χ4v) is 3.54. The molecule has 2 aromatic rings. The number of carbonyl (C=O) groups is 1. The van der Waals surface area contributed by atoms with Crippen molar-refractivity contribution in [2.45, 2.75) is 6.42 Å². The first-order valence-corrected chi connectivity index (χ1v) is 7.96. The lowest BCUT2D eigenvalue weighted by molar-refractivity contribution is 0.0957. The molecular formula is C13H10BrCl2NOS. The number of hydrogen-bond acceptors (Lipinski definition) is 2. The van der Waals surface area contributed by atoms with E-state index >= 15 is 0 Å². The van der Waals surface area contributed by atoms with Crippen molar-refractivity contribution in [2.75, 3.05) is 6.54 Å². The van der Waals surface area contributed by atoms with Crippen LogP contribution in [0.5, 0.6) is 0 Å². The van der Waals surface area contributed by atoms with Gasteiger partial charge in [0.25, 0.3) is 5.91 Å². The second-order valence-corrected chi connectivity index (χ2v) is 6.45. The number of nitrogens with one attached hydrogen (secondary N) is 1. The lowest BCUT2D eigenvalue weighted by Gasteiger charge is -2.06. The molecule has 0 bridgehead atoms. The van der Waals surface area contributed by atoms with Gasteiger partial charge in [0.2, 0.25) is 0 Å². The molecule has 0 saturated carbocycles. The molecule has 19 heavy (non-hydrogen) atoms. The topological polar surface area (TPSA) is 29.1 Å². The van der Waals surface area contributed by atoms with Crippen molar-refractivity contribution in [2.24, 2.45) is 0 Å². The van der Waals surface area contributed by atoms with Crippen LogP contribution in [0.25, 0.3) is 0 Å². The van der Waals surface area contributed by atoms with Gasteiger partial charge in [-0.1, -0.05) is 29.3 Å². The summed E-state index contributed by atoms with van der Waals surface area (Å²) in [6.45, 7) is 0.532. The average Bonchev–Trinajstić information content (AvgIpc) is 2.78. The van der Waals surface area contributed by atoms with Crippen molar-refractivity contribution in [3.8, 4) is 0 Å². The van der Waals surface area contributed by atoms with Crippen molar-refractivity contribution in [3.05, 3.63) is 54.6 Å². The molecule has 1 heterocycles. The van der Waals surface area contributed by atoms with Gasteiger partial charge in [-0.05, 0) is 51.5 Å². The molecular weight excluding hydrogens is 369 g/mol. The second kappa shape index (κ2) is 6.75. The van der Waals surface area contributed by atoms with Gasteiger partial charge < -0.3 is 5.32 Å². The van der Waals surface area contributed by atoms with E-state index in [1.165, 1.54) is 11.3 Å². The van der Waals surface area contributed by atoms with E-state index in [1.807, 2.05) is 17.5 Å². The van der Waals surface area contributed by atoms with Crippen LogP contribution in [0, 0.1) is 0 Å². The maximum atomic E-state index is 11.9. The predicted molar refractivity (Wildman–Crippen MR) is 84.5 cm³/mol. The molecule has 1 aromatic carbocycles.